The molecule has 1 aromatic rings. The van der Waals surface area contributed by atoms with Gasteiger partial charge in [0.25, 0.3) is 0 Å². The van der Waals surface area contributed by atoms with Gasteiger partial charge in [-0.2, -0.15) is 0 Å². The van der Waals surface area contributed by atoms with Crippen LogP contribution < -0.4 is 0 Å². The molecule has 3 nitrogen and oxygen atoms in total. The van der Waals surface area contributed by atoms with Gasteiger partial charge in [-0.25, -0.2) is 9.97 Å². The molecule has 0 aliphatic heterocycles. The summed E-state index contributed by atoms with van der Waals surface area (Å²) in [6.07, 6.45) is 3.50. The molecule has 0 fully saturated rings. The van der Waals surface area contributed by atoms with Crippen LogP contribution in [0.15, 0.2) is 12.4 Å². The maximum absolute atomic E-state index is 11.7. The summed E-state index contributed by atoms with van der Waals surface area (Å²) in [5.74, 6) is 0.500. The number of aromatic nitrogens is 2. The Bertz CT molecular complexity index is 427. The van der Waals surface area contributed by atoms with Crippen LogP contribution in [0.1, 0.15) is 58.8 Å². The SMILES string of the molecule is CC(C)(C)c1ncc(C(C(=O)S)C(C)(C)C)cn1. The summed E-state index contributed by atoms with van der Waals surface area (Å²) in [4.78, 5) is 20.4. The standard InChI is InChI=1S/C14H22N2OS/c1-13(2,3)10(11(17)18)9-7-15-12(16-8-9)14(4,5)6/h7-8,10H,1-6H3,(H,17,18). The summed E-state index contributed by atoms with van der Waals surface area (Å²) in [6.45, 7) is 12.2. The highest BCUT2D eigenvalue weighted by atomic mass is 32.1. The lowest BCUT2D eigenvalue weighted by Gasteiger charge is -2.28. The van der Waals surface area contributed by atoms with E-state index < -0.39 is 0 Å². The molecule has 1 unspecified atom stereocenters. The third-order valence-electron chi connectivity index (χ3n) is 2.79. The Morgan fingerprint density at radius 1 is 1.11 bits per heavy atom. The first kappa shape index (κ1) is 15.2. The van der Waals surface area contributed by atoms with E-state index >= 15 is 0 Å². The molecular formula is C14H22N2OS. The molecule has 4 heteroatoms. The van der Waals surface area contributed by atoms with Gasteiger partial charge in [-0.05, 0) is 5.41 Å². The normalized spacial score (nSPS) is 14.4. The van der Waals surface area contributed by atoms with Gasteiger partial charge < -0.3 is 0 Å². The molecule has 0 spiro atoms. The van der Waals surface area contributed by atoms with Crippen molar-refractivity contribution in [3.05, 3.63) is 23.8 Å². The molecule has 0 aromatic carbocycles. The molecule has 0 saturated carbocycles. The van der Waals surface area contributed by atoms with Crippen molar-refractivity contribution in [2.45, 2.75) is 52.9 Å². The zero-order chi connectivity index (χ0) is 14.1. The third-order valence-corrected chi connectivity index (χ3v) is 3.05. The van der Waals surface area contributed by atoms with Crippen LogP contribution in [0.2, 0.25) is 0 Å². The molecule has 1 heterocycles. The zero-order valence-electron chi connectivity index (χ0n) is 12.0. The minimum atomic E-state index is -0.283. The van der Waals surface area contributed by atoms with Crippen molar-refractivity contribution in [2.75, 3.05) is 0 Å². The van der Waals surface area contributed by atoms with E-state index in [1.165, 1.54) is 0 Å². The van der Waals surface area contributed by atoms with Crippen LogP contribution in [0.3, 0.4) is 0 Å². The molecule has 0 bridgehead atoms. The average Bonchev–Trinajstić information content (AvgIpc) is 2.13. The fourth-order valence-corrected chi connectivity index (χ4v) is 2.42. The summed E-state index contributed by atoms with van der Waals surface area (Å²) >= 11 is 3.99. The first-order chi connectivity index (χ1) is 8.03. The highest BCUT2D eigenvalue weighted by Gasteiger charge is 2.31. The van der Waals surface area contributed by atoms with Gasteiger partial charge in [-0.1, -0.05) is 41.5 Å². The predicted molar refractivity (Wildman–Crippen MR) is 76.9 cm³/mol. The summed E-state index contributed by atoms with van der Waals surface area (Å²) in [5.41, 5.74) is 0.558. The van der Waals surface area contributed by atoms with Crippen molar-refractivity contribution in [3.63, 3.8) is 0 Å². The van der Waals surface area contributed by atoms with E-state index in [0.717, 1.165) is 11.4 Å². The van der Waals surface area contributed by atoms with Crippen LogP contribution >= 0.6 is 12.6 Å². The molecule has 0 amide bonds. The van der Waals surface area contributed by atoms with Crippen molar-refractivity contribution in [1.29, 1.82) is 0 Å². The average molecular weight is 266 g/mol. The highest BCUT2D eigenvalue weighted by Crippen LogP contribution is 2.36. The van der Waals surface area contributed by atoms with Crippen LogP contribution in [0.5, 0.6) is 0 Å². The monoisotopic (exact) mass is 266 g/mol. The minimum Gasteiger partial charge on any atom is -0.287 e. The Labute approximate surface area is 115 Å². The molecule has 1 atom stereocenters. The molecule has 0 radical (unpaired) electrons. The molecule has 0 aliphatic rings. The second-order valence-electron chi connectivity index (χ2n) is 6.73. The molecular weight excluding hydrogens is 244 g/mol. The van der Waals surface area contributed by atoms with Crippen molar-refractivity contribution in [3.8, 4) is 0 Å². The third kappa shape index (κ3) is 3.55. The Morgan fingerprint density at radius 2 is 1.56 bits per heavy atom. The minimum absolute atomic E-state index is 0.0826. The Morgan fingerprint density at radius 3 is 1.83 bits per heavy atom. The largest absolute Gasteiger partial charge is 0.287 e. The number of carbonyl (C=O) groups is 1. The van der Waals surface area contributed by atoms with E-state index in [1.807, 2.05) is 20.8 Å². The van der Waals surface area contributed by atoms with Gasteiger partial charge in [0.15, 0.2) is 5.12 Å². The van der Waals surface area contributed by atoms with Crippen molar-refractivity contribution in [2.24, 2.45) is 5.41 Å². The second-order valence-corrected chi connectivity index (χ2v) is 7.17. The van der Waals surface area contributed by atoms with Crippen molar-refractivity contribution in [1.82, 2.24) is 9.97 Å². The number of hydrogen-bond acceptors (Lipinski definition) is 3. The van der Waals surface area contributed by atoms with E-state index in [9.17, 15) is 4.79 Å². The number of hydrogen-bond donors (Lipinski definition) is 1. The molecule has 0 aliphatic carbocycles. The highest BCUT2D eigenvalue weighted by molar-refractivity contribution is 7.96. The number of carbonyl (C=O) groups excluding carboxylic acids is 1. The smallest absolute Gasteiger partial charge is 0.194 e. The van der Waals surface area contributed by atoms with E-state index in [2.05, 4.69) is 43.4 Å². The molecule has 18 heavy (non-hydrogen) atoms. The molecule has 0 saturated heterocycles. The molecule has 1 rings (SSSR count). The fourth-order valence-electron chi connectivity index (χ4n) is 1.89. The van der Waals surface area contributed by atoms with Gasteiger partial charge in [0.1, 0.15) is 5.82 Å². The summed E-state index contributed by atoms with van der Waals surface area (Å²) in [6, 6.07) is 0. The molecule has 100 valence electrons. The van der Waals surface area contributed by atoms with E-state index in [4.69, 9.17) is 0 Å². The number of rotatable bonds is 2. The van der Waals surface area contributed by atoms with Gasteiger partial charge in [0.2, 0.25) is 0 Å². The van der Waals surface area contributed by atoms with Crippen LogP contribution in [0, 0.1) is 5.41 Å². The lowest BCUT2D eigenvalue weighted by molar-refractivity contribution is -0.114. The van der Waals surface area contributed by atoms with Crippen LogP contribution in [-0.2, 0) is 10.2 Å². The number of nitrogens with zero attached hydrogens (tertiary/aromatic N) is 2. The van der Waals surface area contributed by atoms with Crippen LogP contribution in [0.4, 0.5) is 0 Å². The van der Waals surface area contributed by atoms with E-state index in [1.54, 1.807) is 12.4 Å². The Kier molecular flexibility index (Phi) is 4.21. The zero-order valence-corrected chi connectivity index (χ0v) is 12.9. The Hall–Kier alpha value is -0.900. The second kappa shape index (κ2) is 5.00. The van der Waals surface area contributed by atoms with E-state index in [0.29, 0.717) is 0 Å². The van der Waals surface area contributed by atoms with Crippen molar-refractivity contribution >= 4 is 17.7 Å². The Balaban J connectivity index is 3.14. The maximum Gasteiger partial charge on any atom is 0.194 e. The summed E-state index contributed by atoms with van der Waals surface area (Å²) < 4.78 is 0. The lowest BCUT2D eigenvalue weighted by Crippen LogP contribution is -2.25. The summed E-state index contributed by atoms with van der Waals surface area (Å²) in [5, 5.41) is -0.144. The van der Waals surface area contributed by atoms with E-state index in [-0.39, 0.29) is 21.9 Å². The molecule has 0 N–H and O–H groups in total. The molecule has 1 aromatic heterocycles. The first-order valence-corrected chi connectivity index (χ1v) is 6.53. The lowest BCUT2D eigenvalue weighted by atomic mass is 9.78. The summed E-state index contributed by atoms with van der Waals surface area (Å²) in [7, 11) is 0. The number of thiol groups is 1. The first-order valence-electron chi connectivity index (χ1n) is 6.08. The fraction of sp³-hybridized carbons (Fsp3) is 0.643. The topological polar surface area (TPSA) is 42.9 Å². The maximum atomic E-state index is 11.7. The van der Waals surface area contributed by atoms with Gasteiger partial charge in [-0.3, -0.25) is 4.79 Å². The van der Waals surface area contributed by atoms with Gasteiger partial charge in [0, 0.05) is 23.4 Å². The van der Waals surface area contributed by atoms with Crippen LogP contribution in [0.25, 0.3) is 0 Å². The quantitative estimate of drug-likeness (QED) is 0.835. The van der Waals surface area contributed by atoms with Crippen molar-refractivity contribution < 1.29 is 4.79 Å². The van der Waals surface area contributed by atoms with Gasteiger partial charge in [-0.15, -0.1) is 12.6 Å². The van der Waals surface area contributed by atoms with Gasteiger partial charge >= 0.3 is 0 Å². The van der Waals surface area contributed by atoms with Gasteiger partial charge in [0.05, 0.1) is 5.92 Å². The van der Waals surface area contributed by atoms with Crippen LogP contribution in [-0.4, -0.2) is 15.1 Å². The predicted octanol–water partition coefficient (Wildman–Crippen LogP) is 3.36.